The zero-order chi connectivity index (χ0) is 24.3. The van der Waals surface area contributed by atoms with E-state index in [2.05, 4.69) is 19.7 Å². The molecule has 12 heteroatoms. The summed E-state index contributed by atoms with van der Waals surface area (Å²) < 4.78 is 46.7. The highest BCUT2D eigenvalue weighted by atomic mass is 19.4. The average Bonchev–Trinajstić information content (AvgIpc) is 2.83. The molecule has 178 valence electrons. The van der Waals surface area contributed by atoms with Gasteiger partial charge in [0.25, 0.3) is 0 Å². The van der Waals surface area contributed by atoms with E-state index < -0.39 is 12.3 Å². The fourth-order valence-electron chi connectivity index (χ4n) is 3.34. The van der Waals surface area contributed by atoms with Gasteiger partial charge in [0.05, 0.1) is 13.2 Å². The molecule has 1 fully saturated rings. The van der Waals surface area contributed by atoms with Crippen molar-refractivity contribution in [1.82, 2.24) is 15.0 Å². The van der Waals surface area contributed by atoms with Crippen LogP contribution >= 0.6 is 0 Å². The average molecular weight is 474 g/mol. The number of halogens is 3. The number of benzene rings is 2. The molecule has 1 aliphatic heterocycles. The molecule has 1 aliphatic rings. The highest BCUT2D eigenvalue weighted by molar-refractivity contribution is 5.93. The predicted octanol–water partition coefficient (Wildman–Crippen LogP) is 3.14. The number of carbonyl (C=O) groups excluding carboxylic acids is 1. The van der Waals surface area contributed by atoms with Crippen LogP contribution in [0.4, 0.5) is 30.8 Å². The second-order valence-electron chi connectivity index (χ2n) is 7.40. The normalized spacial score (nSPS) is 14.1. The number of anilines is 3. The molecular formula is C22H21F3N6O3. The summed E-state index contributed by atoms with van der Waals surface area (Å²) in [7, 11) is 1.68. The maximum absolute atomic E-state index is 12.5. The Bertz CT molecular complexity index is 1170. The molecule has 0 radical (unpaired) electrons. The zero-order valence-corrected chi connectivity index (χ0v) is 18.1. The Morgan fingerprint density at radius 1 is 1.09 bits per heavy atom. The van der Waals surface area contributed by atoms with Crippen LogP contribution in [0, 0.1) is 0 Å². The number of alkyl halides is 3. The van der Waals surface area contributed by atoms with E-state index in [-0.39, 0.29) is 11.7 Å². The molecule has 0 saturated carbocycles. The summed E-state index contributed by atoms with van der Waals surface area (Å²) >= 11 is 0. The van der Waals surface area contributed by atoms with E-state index in [1.54, 1.807) is 36.2 Å². The summed E-state index contributed by atoms with van der Waals surface area (Å²) in [5.74, 6) is 0.0802. The topological polar surface area (TPSA) is 107 Å². The molecule has 0 aliphatic carbocycles. The van der Waals surface area contributed by atoms with Crippen LogP contribution in [0.2, 0.25) is 0 Å². The Kier molecular flexibility index (Phi) is 6.50. The first-order chi connectivity index (χ1) is 16.2. The van der Waals surface area contributed by atoms with Gasteiger partial charge in [-0.2, -0.15) is 15.0 Å². The summed E-state index contributed by atoms with van der Waals surface area (Å²) in [6.45, 7) is 2.20. The van der Waals surface area contributed by atoms with Crippen LogP contribution in [-0.4, -0.2) is 60.6 Å². The number of amides is 1. The zero-order valence-electron chi connectivity index (χ0n) is 18.1. The number of nitrogens with zero attached hydrogens (tertiary/aromatic N) is 5. The number of aromatic nitrogens is 3. The lowest BCUT2D eigenvalue weighted by molar-refractivity contribution is -0.274. The minimum atomic E-state index is -4.77. The van der Waals surface area contributed by atoms with Crippen molar-refractivity contribution in [1.29, 1.82) is 0 Å². The van der Waals surface area contributed by atoms with Crippen LogP contribution in [0.3, 0.4) is 0 Å². The van der Waals surface area contributed by atoms with Crippen LogP contribution in [0.25, 0.3) is 11.4 Å². The number of hydrogen-bond donors (Lipinski definition) is 1. The van der Waals surface area contributed by atoms with Crippen molar-refractivity contribution in [2.45, 2.75) is 6.36 Å². The van der Waals surface area contributed by atoms with E-state index in [0.29, 0.717) is 54.9 Å². The standard InChI is InChI=1S/C22H21F3N6O3/c1-30(16-5-7-17(8-6-16)34-22(23,24)25)20-27-19(15-4-2-3-14(13-15)18(26)32)28-21(29-20)31-9-11-33-12-10-31/h2-8,13H,9-12H2,1H3,(H2,26,32). The molecular weight excluding hydrogens is 453 g/mol. The van der Waals surface area contributed by atoms with Gasteiger partial charge in [0.15, 0.2) is 5.82 Å². The monoisotopic (exact) mass is 474 g/mol. The quantitative estimate of drug-likeness (QED) is 0.581. The van der Waals surface area contributed by atoms with Gasteiger partial charge >= 0.3 is 6.36 Å². The molecule has 1 saturated heterocycles. The number of carbonyl (C=O) groups is 1. The van der Waals surface area contributed by atoms with Gasteiger partial charge in [-0.25, -0.2) is 0 Å². The summed E-state index contributed by atoms with van der Waals surface area (Å²) in [6.07, 6.45) is -4.77. The van der Waals surface area contributed by atoms with Gasteiger partial charge in [0.1, 0.15) is 5.75 Å². The van der Waals surface area contributed by atoms with Gasteiger partial charge in [0, 0.05) is 37.0 Å². The lowest BCUT2D eigenvalue weighted by Crippen LogP contribution is -2.37. The second-order valence-corrected chi connectivity index (χ2v) is 7.40. The van der Waals surface area contributed by atoms with Crippen LogP contribution < -0.4 is 20.3 Å². The highest BCUT2D eigenvalue weighted by Crippen LogP contribution is 2.29. The first kappa shape index (κ1) is 23.2. The smallest absolute Gasteiger partial charge is 0.406 e. The van der Waals surface area contributed by atoms with Crippen molar-refractivity contribution < 1.29 is 27.4 Å². The van der Waals surface area contributed by atoms with E-state index in [1.165, 1.54) is 24.3 Å². The van der Waals surface area contributed by atoms with Gasteiger partial charge in [-0.3, -0.25) is 4.79 Å². The second kappa shape index (κ2) is 9.51. The van der Waals surface area contributed by atoms with Crippen molar-refractivity contribution in [3.63, 3.8) is 0 Å². The van der Waals surface area contributed by atoms with E-state index >= 15 is 0 Å². The fourth-order valence-corrected chi connectivity index (χ4v) is 3.34. The van der Waals surface area contributed by atoms with Crippen molar-refractivity contribution in [2.75, 3.05) is 43.2 Å². The van der Waals surface area contributed by atoms with Gasteiger partial charge in [-0.05, 0) is 36.4 Å². The van der Waals surface area contributed by atoms with Crippen molar-refractivity contribution >= 4 is 23.5 Å². The molecule has 0 bridgehead atoms. The number of nitrogens with two attached hydrogens (primary N) is 1. The summed E-state index contributed by atoms with van der Waals surface area (Å²) in [6, 6.07) is 12.0. The number of primary amides is 1. The Labute approximate surface area is 192 Å². The molecule has 1 amide bonds. The van der Waals surface area contributed by atoms with E-state index in [1.807, 2.05) is 4.90 Å². The molecule has 0 spiro atoms. The number of rotatable bonds is 6. The summed E-state index contributed by atoms with van der Waals surface area (Å²) in [5, 5.41) is 0. The number of ether oxygens (including phenoxy) is 2. The third-order valence-corrected chi connectivity index (χ3v) is 5.07. The molecule has 4 rings (SSSR count). The minimum Gasteiger partial charge on any atom is -0.406 e. The largest absolute Gasteiger partial charge is 0.573 e. The molecule has 1 aromatic heterocycles. The summed E-state index contributed by atoms with van der Waals surface area (Å²) in [5.41, 5.74) is 6.81. The third kappa shape index (κ3) is 5.52. The lowest BCUT2D eigenvalue weighted by atomic mass is 10.1. The van der Waals surface area contributed by atoms with Gasteiger partial charge in [0.2, 0.25) is 17.8 Å². The highest BCUT2D eigenvalue weighted by Gasteiger charge is 2.31. The fraction of sp³-hybridized carbons (Fsp3) is 0.273. The minimum absolute atomic E-state index is 0.264. The van der Waals surface area contributed by atoms with Crippen LogP contribution in [-0.2, 0) is 4.74 Å². The van der Waals surface area contributed by atoms with E-state index in [0.717, 1.165) is 0 Å². The molecule has 34 heavy (non-hydrogen) atoms. The van der Waals surface area contributed by atoms with Crippen LogP contribution in [0.15, 0.2) is 48.5 Å². The lowest BCUT2D eigenvalue weighted by Gasteiger charge is -2.28. The van der Waals surface area contributed by atoms with Crippen molar-refractivity contribution in [2.24, 2.45) is 5.73 Å². The Morgan fingerprint density at radius 2 is 1.79 bits per heavy atom. The Balaban J connectivity index is 1.71. The number of morpholine rings is 1. The molecule has 0 unspecified atom stereocenters. The SMILES string of the molecule is CN(c1ccc(OC(F)(F)F)cc1)c1nc(-c2cccc(C(N)=O)c2)nc(N2CCOCC2)n1. The van der Waals surface area contributed by atoms with Crippen molar-refractivity contribution in [3.05, 3.63) is 54.1 Å². The Morgan fingerprint density at radius 3 is 2.44 bits per heavy atom. The van der Waals surface area contributed by atoms with E-state index in [9.17, 15) is 18.0 Å². The summed E-state index contributed by atoms with van der Waals surface area (Å²) in [4.78, 5) is 28.9. The van der Waals surface area contributed by atoms with Gasteiger partial charge < -0.3 is 25.0 Å². The van der Waals surface area contributed by atoms with Crippen LogP contribution in [0.1, 0.15) is 10.4 Å². The van der Waals surface area contributed by atoms with Gasteiger partial charge in [-0.1, -0.05) is 12.1 Å². The van der Waals surface area contributed by atoms with Crippen LogP contribution in [0.5, 0.6) is 5.75 Å². The molecule has 2 N–H and O–H groups in total. The molecule has 2 heterocycles. The Hall–Kier alpha value is -3.93. The first-order valence-corrected chi connectivity index (χ1v) is 10.3. The predicted molar refractivity (Wildman–Crippen MR) is 118 cm³/mol. The molecule has 2 aromatic carbocycles. The first-order valence-electron chi connectivity index (χ1n) is 10.3. The molecule has 0 atom stereocenters. The number of hydrogen-bond acceptors (Lipinski definition) is 8. The van der Waals surface area contributed by atoms with Gasteiger partial charge in [-0.15, -0.1) is 13.2 Å². The van der Waals surface area contributed by atoms with E-state index in [4.69, 9.17) is 10.5 Å². The maximum atomic E-state index is 12.5. The molecule has 9 nitrogen and oxygen atoms in total. The third-order valence-electron chi connectivity index (χ3n) is 5.07. The maximum Gasteiger partial charge on any atom is 0.573 e. The van der Waals surface area contributed by atoms with Crippen molar-refractivity contribution in [3.8, 4) is 17.1 Å². The molecule has 3 aromatic rings.